The Balaban J connectivity index is 2.88. The fourth-order valence-corrected chi connectivity index (χ4v) is 1.35. The zero-order valence-electron chi connectivity index (χ0n) is 8.99. The van der Waals surface area contributed by atoms with Crippen molar-refractivity contribution in [3.63, 3.8) is 0 Å². The van der Waals surface area contributed by atoms with Crippen LogP contribution >= 0.6 is 15.9 Å². The molecule has 4 heteroatoms. The fraction of sp³-hybridized carbons (Fsp3) is 0.273. The first-order valence-corrected chi connectivity index (χ1v) is 5.31. The van der Waals surface area contributed by atoms with Crippen LogP contribution in [0.2, 0.25) is 0 Å². The molecule has 3 nitrogen and oxygen atoms in total. The monoisotopic (exact) mass is 268 g/mol. The lowest BCUT2D eigenvalue weighted by atomic mass is 10.1. The van der Waals surface area contributed by atoms with Gasteiger partial charge in [0.15, 0.2) is 0 Å². The van der Waals surface area contributed by atoms with Crippen LogP contribution in [0.1, 0.15) is 15.9 Å². The molecule has 0 aliphatic rings. The predicted octanol–water partition coefficient (Wildman–Crippen LogP) is 2.49. The predicted molar refractivity (Wildman–Crippen MR) is 65.4 cm³/mol. The zero-order chi connectivity index (χ0) is 11.4. The first kappa shape index (κ1) is 11.9. The number of aliphatic imine (C=N–C) groups is 1. The fourth-order valence-electron chi connectivity index (χ4n) is 0.968. The third-order valence-electron chi connectivity index (χ3n) is 1.82. The van der Waals surface area contributed by atoms with E-state index in [1.807, 2.05) is 27.1 Å². The molecular formula is C11H13BrN2O. The Bertz CT molecular complexity index is 400. The average molecular weight is 269 g/mol. The van der Waals surface area contributed by atoms with E-state index in [1.165, 1.54) is 6.34 Å². The number of hydrogen-bond acceptors (Lipinski definition) is 1. The summed E-state index contributed by atoms with van der Waals surface area (Å²) >= 11 is 3.38. The number of rotatable bonds is 2. The van der Waals surface area contributed by atoms with Crippen molar-refractivity contribution >= 4 is 28.2 Å². The molecule has 1 aromatic rings. The highest BCUT2D eigenvalue weighted by atomic mass is 79.9. The van der Waals surface area contributed by atoms with Gasteiger partial charge in [-0.15, -0.1) is 0 Å². The Labute approximate surface area is 97.9 Å². The summed E-state index contributed by atoms with van der Waals surface area (Å²) in [6.07, 6.45) is 1.50. The minimum absolute atomic E-state index is 0.232. The molecule has 0 unspecified atom stereocenters. The van der Waals surface area contributed by atoms with Gasteiger partial charge in [0.05, 0.1) is 6.34 Å². The highest BCUT2D eigenvalue weighted by molar-refractivity contribution is 9.10. The van der Waals surface area contributed by atoms with Gasteiger partial charge in [-0.05, 0) is 24.6 Å². The van der Waals surface area contributed by atoms with Crippen LogP contribution in [0, 0.1) is 6.92 Å². The van der Waals surface area contributed by atoms with Gasteiger partial charge in [-0.1, -0.05) is 22.0 Å². The maximum atomic E-state index is 11.6. The maximum absolute atomic E-state index is 11.6. The van der Waals surface area contributed by atoms with Gasteiger partial charge in [0.1, 0.15) is 0 Å². The molecule has 0 aromatic heterocycles. The largest absolute Gasteiger partial charge is 0.369 e. The van der Waals surface area contributed by atoms with E-state index < -0.39 is 0 Å². The van der Waals surface area contributed by atoms with Crippen LogP contribution < -0.4 is 0 Å². The third kappa shape index (κ3) is 3.47. The van der Waals surface area contributed by atoms with E-state index in [-0.39, 0.29) is 5.91 Å². The Hall–Kier alpha value is -1.16. The number of carbonyl (C=O) groups excluding carboxylic acids is 1. The SMILES string of the molecule is Cc1ccc(C(=O)N=CN(C)C)cc1Br. The molecule has 0 saturated heterocycles. The number of nitrogens with zero attached hydrogens (tertiary/aromatic N) is 2. The molecule has 0 fully saturated rings. The van der Waals surface area contributed by atoms with Crippen molar-refractivity contribution < 1.29 is 4.79 Å². The minimum atomic E-state index is -0.232. The molecule has 0 aliphatic carbocycles. The molecule has 1 rings (SSSR count). The van der Waals surface area contributed by atoms with Gasteiger partial charge in [-0.2, -0.15) is 4.99 Å². The van der Waals surface area contributed by atoms with Crippen LogP contribution in [0.5, 0.6) is 0 Å². The summed E-state index contributed by atoms with van der Waals surface area (Å²) in [4.78, 5) is 17.1. The molecule has 0 aliphatic heterocycles. The van der Waals surface area contributed by atoms with E-state index in [4.69, 9.17) is 0 Å². The lowest BCUT2D eigenvalue weighted by Gasteiger charge is -2.03. The maximum Gasteiger partial charge on any atom is 0.278 e. The third-order valence-corrected chi connectivity index (χ3v) is 2.68. The van der Waals surface area contributed by atoms with E-state index in [1.54, 1.807) is 17.0 Å². The van der Waals surface area contributed by atoms with E-state index in [9.17, 15) is 4.79 Å². The average Bonchev–Trinajstić information content (AvgIpc) is 2.18. The Kier molecular flexibility index (Phi) is 4.03. The minimum Gasteiger partial charge on any atom is -0.369 e. The molecule has 0 saturated carbocycles. The van der Waals surface area contributed by atoms with Gasteiger partial charge < -0.3 is 4.90 Å². The number of aryl methyl sites for hydroxylation is 1. The summed E-state index contributed by atoms with van der Waals surface area (Å²) in [6.45, 7) is 1.97. The molecule has 1 amide bonds. The molecule has 0 N–H and O–H groups in total. The van der Waals surface area contributed by atoms with Gasteiger partial charge >= 0.3 is 0 Å². The van der Waals surface area contributed by atoms with Crippen molar-refractivity contribution in [1.29, 1.82) is 0 Å². The van der Waals surface area contributed by atoms with Gasteiger partial charge in [0.25, 0.3) is 5.91 Å². The number of amides is 1. The van der Waals surface area contributed by atoms with Gasteiger partial charge in [0.2, 0.25) is 0 Å². The zero-order valence-corrected chi connectivity index (χ0v) is 10.6. The van der Waals surface area contributed by atoms with Crippen LogP contribution in [0.25, 0.3) is 0 Å². The Morgan fingerprint density at radius 3 is 2.67 bits per heavy atom. The molecule has 80 valence electrons. The summed E-state index contributed by atoms with van der Waals surface area (Å²) in [5.74, 6) is -0.232. The molecule has 0 radical (unpaired) electrons. The van der Waals surface area contributed by atoms with Crippen molar-refractivity contribution in [2.24, 2.45) is 4.99 Å². The first-order chi connectivity index (χ1) is 7.00. The molecule has 0 bridgehead atoms. The van der Waals surface area contributed by atoms with Crippen LogP contribution in [0.4, 0.5) is 0 Å². The summed E-state index contributed by atoms with van der Waals surface area (Å²) < 4.78 is 0.924. The molecule has 0 heterocycles. The molecular weight excluding hydrogens is 256 g/mol. The van der Waals surface area contributed by atoms with Crippen LogP contribution in [-0.4, -0.2) is 31.2 Å². The molecule has 15 heavy (non-hydrogen) atoms. The highest BCUT2D eigenvalue weighted by Crippen LogP contribution is 2.17. The Morgan fingerprint density at radius 2 is 2.13 bits per heavy atom. The van der Waals surface area contributed by atoms with Gasteiger partial charge in [-0.25, -0.2) is 0 Å². The second-order valence-electron chi connectivity index (χ2n) is 3.48. The molecule has 0 spiro atoms. The second kappa shape index (κ2) is 5.07. The smallest absolute Gasteiger partial charge is 0.278 e. The van der Waals surface area contributed by atoms with E-state index in [2.05, 4.69) is 20.9 Å². The summed E-state index contributed by atoms with van der Waals surface area (Å²) in [7, 11) is 3.64. The number of halogens is 1. The van der Waals surface area contributed by atoms with E-state index >= 15 is 0 Å². The summed E-state index contributed by atoms with van der Waals surface area (Å²) in [6, 6.07) is 5.45. The normalized spacial score (nSPS) is 10.7. The van der Waals surface area contributed by atoms with E-state index in [0.29, 0.717) is 5.56 Å². The van der Waals surface area contributed by atoms with E-state index in [0.717, 1.165) is 10.0 Å². The summed E-state index contributed by atoms with van der Waals surface area (Å²) in [5.41, 5.74) is 1.69. The Morgan fingerprint density at radius 1 is 1.47 bits per heavy atom. The lowest BCUT2D eigenvalue weighted by Crippen LogP contribution is -2.09. The standard InChI is InChI=1S/C11H13BrN2O/c1-8-4-5-9(6-10(8)12)11(15)13-7-14(2)3/h4-7H,1-3H3. The lowest BCUT2D eigenvalue weighted by molar-refractivity contribution is 0.100. The van der Waals surface area contributed by atoms with Crippen LogP contribution in [-0.2, 0) is 0 Å². The topological polar surface area (TPSA) is 32.7 Å². The number of hydrogen-bond donors (Lipinski definition) is 0. The van der Waals surface area contributed by atoms with Crippen molar-refractivity contribution in [2.45, 2.75) is 6.92 Å². The highest BCUT2D eigenvalue weighted by Gasteiger charge is 2.04. The van der Waals surface area contributed by atoms with Crippen molar-refractivity contribution in [1.82, 2.24) is 4.90 Å². The van der Waals surface area contributed by atoms with Gasteiger partial charge in [0, 0.05) is 24.1 Å². The number of benzene rings is 1. The molecule has 0 atom stereocenters. The van der Waals surface area contributed by atoms with Crippen molar-refractivity contribution in [3.8, 4) is 0 Å². The first-order valence-electron chi connectivity index (χ1n) is 4.52. The summed E-state index contributed by atoms with van der Waals surface area (Å²) in [5, 5.41) is 0. The van der Waals surface area contributed by atoms with Crippen molar-refractivity contribution in [2.75, 3.05) is 14.1 Å². The van der Waals surface area contributed by atoms with Crippen LogP contribution in [0.15, 0.2) is 27.7 Å². The number of carbonyl (C=O) groups is 1. The second-order valence-corrected chi connectivity index (χ2v) is 4.33. The van der Waals surface area contributed by atoms with Gasteiger partial charge in [-0.3, -0.25) is 4.79 Å². The van der Waals surface area contributed by atoms with Crippen molar-refractivity contribution in [3.05, 3.63) is 33.8 Å². The quantitative estimate of drug-likeness (QED) is 0.610. The van der Waals surface area contributed by atoms with Crippen LogP contribution in [0.3, 0.4) is 0 Å². The molecule has 1 aromatic carbocycles.